The summed E-state index contributed by atoms with van der Waals surface area (Å²) < 4.78 is 0. The van der Waals surface area contributed by atoms with E-state index < -0.39 is 22.2 Å². The second-order valence-electron chi connectivity index (χ2n) is 4.54. The van der Waals surface area contributed by atoms with Crippen molar-refractivity contribution < 1.29 is 19.6 Å². The smallest absolute Gasteiger partial charge is 0.311 e. The van der Waals surface area contributed by atoms with Crippen LogP contribution >= 0.6 is 0 Å². The molecule has 7 nitrogen and oxygen atoms in total. The largest absolute Gasteiger partial charge is 0.481 e. The van der Waals surface area contributed by atoms with E-state index in [0.29, 0.717) is 12.8 Å². The number of benzene rings is 1. The monoisotopic (exact) mass is 264 g/mol. The Morgan fingerprint density at radius 1 is 1.37 bits per heavy atom. The molecule has 1 fully saturated rings. The summed E-state index contributed by atoms with van der Waals surface area (Å²) in [4.78, 5) is 32.9. The Morgan fingerprint density at radius 3 is 2.53 bits per heavy atom. The third-order valence-electron chi connectivity index (χ3n) is 3.24. The average Bonchev–Trinajstić information content (AvgIpc) is 3.17. The number of carboxylic acid groups (broad SMARTS) is 1. The number of para-hydroxylation sites is 1. The van der Waals surface area contributed by atoms with Crippen LogP contribution in [0.1, 0.15) is 23.2 Å². The maximum absolute atomic E-state index is 11.9. The molecular formula is C12H12N2O5. The minimum atomic E-state index is -0.949. The normalized spacial score (nSPS) is 15.6. The lowest BCUT2D eigenvalue weighted by molar-refractivity contribution is -0.385. The number of nitrogens with one attached hydrogen (secondary N) is 1. The van der Waals surface area contributed by atoms with Crippen LogP contribution in [0, 0.1) is 15.5 Å². The highest BCUT2D eigenvalue weighted by atomic mass is 16.6. The van der Waals surface area contributed by atoms with E-state index in [0.717, 1.165) is 0 Å². The Bertz CT molecular complexity index is 551. The van der Waals surface area contributed by atoms with Gasteiger partial charge in [-0.3, -0.25) is 19.7 Å². The molecule has 1 amide bonds. The van der Waals surface area contributed by atoms with Crippen molar-refractivity contribution in [1.29, 1.82) is 0 Å². The second-order valence-corrected chi connectivity index (χ2v) is 4.54. The van der Waals surface area contributed by atoms with Crippen molar-refractivity contribution in [3.05, 3.63) is 39.9 Å². The zero-order chi connectivity index (χ0) is 14.0. The van der Waals surface area contributed by atoms with Gasteiger partial charge in [0.05, 0.1) is 10.3 Å². The van der Waals surface area contributed by atoms with E-state index in [1.807, 2.05) is 0 Å². The predicted molar refractivity (Wildman–Crippen MR) is 64.7 cm³/mol. The van der Waals surface area contributed by atoms with Crippen LogP contribution in [0.25, 0.3) is 0 Å². The van der Waals surface area contributed by atoms with Crippen molar-refractivity contribution in [2.75, 3.05) is 6.54 Å². The number of carbonyl (C=O) groups is 2. The molecule has 0 atom stereocenters. The van der Waals surface area contributed by atoms with Gasteiger partial charge in [0.2, 0.25) is 0 Å². The van der Waals surface area contributed by atoms with Crippen LogP contribution in [-0.2, 0) is 4.79 Å². The van der Waals surface area contributed by atoms with Crippen molar-refractivity contribution in [1.82, 2.24) is 5.32 Å². The molecule has 0 unspecified atom stereocenters. The van der Waals surface area contributed by atoms with E-state index in [2.05, 4.69) is 5.32 Å². The number of nitrogens with zero attached hydrogens (tertiary/aromatic N) is 1. The van der Waals surface area contributed by atoms with E-state index in [1.165, 1.54) is 24.3 Å². The summed E-state index contributed by atoms with van der Waals surface area (Å²) in [5.74, 6) is -1.57. The fourth-order valence-corrected chi connectivity index (χ4v) is 1.79. The molecule has 0 aliphatic heterocycles. The zero-order valence-corrected chi connectivity index (χ0v) is 9.96. The van der Waals surface area contributed by atoms with Gasteiger partial charge in [-0.05, 0) is 18.9 Å². The Hall–Kier alpha value is -2.44. The lowest BCUT2D eigenvalue weighted by Crippen LogP contribution is -2.34. The molecule has 1 aromatic carbocycles. The third-order valence-corrected chi connectivity index (χ3v) is 3.24. The minimum absolute atomic E-state index is 0.00673. The molecule has 0 saturated heterocycles. The van der Waals surface area contributed by atoms with Crippen molar-refractivity contribution in [2.45, 2.75) is 12.8 Å². The predicted octanol–water partition coefficient (Wildman–Crippen LogP) is 1.19. The molecule has 19 heavy (non-hydrogen) atoms. The van der Waals surface area contributed by atoms with Gasteiger partial charge in [-0.2, -0.15) is 0 Å². The number of carbonyl (C=O) groups excluding carboxylic acids is 1. The Balaban J connectivity index is 2.09. The molecule has 2 rings (SSSR count). The maximum atomic E-state index is 11.9. The van der Waals surface area contributed by atoms with E-state index in [-0.39, 0.29) is 17.8 Å². The van der Waals surface area contributed by atoms with Crippen LogP contribution in [0.5, 0.6) is 0 Å². The molecule has 0 heterocycles. The summed E-state index contributed by atoms with van der Waals surface area (Å²) in [6, 6.07) is 5.56. The van der Waals surface area contributed by atoms with Crippen molar-refractivity contribution in [3.63, 3.8) is 0 Å². The first-order chi connectivity index (χ1) is 8.96. The molecule has 1 aliphatic carbocycles. The van der Waals surface area contributed by atoms with Gasteiger partial charge in [-0.1, -0.05) is 12.1 Å². The summed E-state index contributed by atoms with van der Waals surface area (Å²) in [5.41, 5.74) is -1.24. The van der Waals surface area contributed by atoms with Gasteiger partial charge in [-0.15, -0.1) is 0 Å². The number of carboxylic acids is 1. The SMILES string of the molecule is O=C(NCC1(C(=O)O)CC1)c1ccccc1[N+](=O)[O-]. The number of hydrogen-bond donors (Lipinski definition) is 2. The van der Waals surface area contributed by atoms with E-state index >= 15 is 0 Å². The van der Waals surface area contributed by atoms with Gasteiger partial charge < -0.3 is 10.4 Å². The van der Waals surface area contributed by atoms with Crippen LogP contribution < -0.4 is 5.32 Å². The molecular weight excluding hydrogens is 252 g/mol. The van der Waals surface area contributed by atoms with Crippen LogP contribution in [0.4, 0.5) is 5.69 Å². The van der Waals surface area contributed by atoms with Gasteiger partial charge in [0.25, 0.3) is 11.6 Å². The van der Waals surface area contributed by atoms with Gasteiger partial charge >= 0.3 is 5.97 Å². The Labute approximate surface area is 108 Å². The topological polar surface area (TPSA) is 110 Å². The van der Waals surface area contributed by atoms with Gasteiger partial charge in [0.1, 0.15) is 5.56 Å². The number of hydrogen-bond acceptors (Lipinski definition) is 4. The lowest BCUT2D eigenvalue weighted by Gasteiger charge is -2.11. The first-order valence-electron chi connectivity index (χ1n) is 5.71. The first-order valence-corrected chi connectivity index (χ1v) is 5.71. The molecule has 1 aliphatic rings. The summed E-state index contributed by atoms with van der Waals surface area (Å²) in [6.07, 6.45) is 1.03. The number of rotatable bonds is 5. The van der Waals surface area contributed by atoms with Crippen LogP contribution in [0.15, 0.2) is 24.3 Å². The van der Waals surface area contributed by atoms with E-state index in [9.17, 15) is 19.7 Å². The van der Waals surface area contributed by atoms with Crippen molar-refractivity contribution in [3.8, 4) is 0 Å². The fraction of sp³-hybridized carbons (Fsp3) is 0.333. The Kier molecular flexibility index (Phi) is 3.20. The fourth-order valence-electron chi connectivity index (χ4n) is 1.79. The standard InChI is InChI=1S/C12H12N2O5/c15-10(13-7-12(5-6-12)11(16)17)8-3-1-2-4-9(8)14(18)19/h1-4H,5-7H2,(H,13,15)(H,16,17). The van der Waals surface area contributed by atoms with Crippen LogP contribution in [0.3, 0.4) is 0 Å². The third kappa shape index (κ3) is 2.54. The molecule has 100 valence electrons. The summed E-state index contributed by atoms with van der Waals surface area (Å²) in [6.45, 7) is -0.00673. The summed E-state index contributed by atoms with van der Waals surface area (Å²) >= 11 is 0. The first kappa shape index (κ1) is 13.0. The summed E-state index contributed by atoms with van der Waals surface area (Å²) in [7, 11) is 0. The minimum Gasteiger partial charge on any atom is -0.481 e. The van der Waals surface area contributed by atoms with Crippen LogP contribution in [0.2, 0.25) is 0 Å². The lowest BCUT2D eigenvalue weighted by atomic mass is 10.1. The quantitative estimate of drug-likeness (QED) is 0.613. The molecule has 2 N–H and O–H groups in total. The van der Waals surface area contributed by atoms with Gasteiger partial charge in [-0.25, -0.2) is 0 Å². The number of nitro benzene ring substituents is 1. The highest BCUT2D eigenvalue weighted by Gasteiger charge is 2.50. The summed E-state index contributed by atoms with van der Waals surface area (Å²) in [5, 5.41) is 22.2. The van der Waals surface area contributed by atoms with E-state index in [1.54, 1.807) is 0 Å². The van der Waals surface area contributed by atoms with E-state index in [4.69, 9.17) is 5.11 Å². The zero-order valence-electron chi connectivity index (χ0n) is 9.96. The molecule has 0 aromatic heterocycles. The van der Waals surface area contributed by atoms with Crippen molar-refractivity contribution in [2.24, 2.45) is 5.41 Å². The molecule has 0 spiro atoms. The molecule has 0 bridgehead atoms. The van der Waals surface area contributed by atoms with Crippen molar-refractivity contribution >= 4 is 17.6 Å². The maximum Gasteiger partial charge on any atom is 0.311 e. The average molecular weight is 264 g/mol. The van der Waals surface area contributed by atoms with Gasteiger partial charge in [0.15, 0.2) is 0 Å². The Morgan fingerprint density at radius 2 is 2.00 bits per heavy atom. The molecule has 0 radical (unpaired) electrons. The molecule has 1 saturated carbocycles. The number of amides is 1. The number of nitro groups is 1. The molecule has 7 heteroatoms. The highest BCUT2D eigenvalue weighted by molar-refractivity contribution is 5.98. The number of aliphatic carboxylic acids is 1. The second kappa shape index (κ2) is 4.68. The van der Waals surface area contributed by atoms with Crippen LogP contribution in [-0.4, -0.2) is 28.5 Å². The highest BCUT2D eigenvalue weighted by Crippen LogP contribution is 2.45. The van der Waals surface area contributed by atoms with Gasteiger partial charge in [0, 0.05) is 12.6 Å². The molecule has 1 aromatic rings.